The first-order chi connectivity index (χ1) is 9.74. The molecule has 0 spiro atoms. The average Bonchev–Trinajstić information content (AvgIpc) is 2.96. The van der Waals surface area contributed by atoms with Gasteiger partial charge in [-0.15, -0.1) is 0 Å². The van der Waals surface area contributed by atoms with E-state index < -0.39 is 5.60 Å². The zero-order valence-electron chi connectivity index (χ0n) is 13.0. The summed E-state index contributed by atoms with van der Waals surface area (Å²) >= 11 is 0. The number of amides is 1. The van der Waals surface area contributed by atoms with Gasteiger partial charge in [-0.1, -0.05) is 5.16 Å². The number of likely N-dealkylation sites (tertiary alicyclic amines) is 1. The molecule has 21 heavy (non-hydrogen) atoms. The fourth-order valence-electron chi connectivity index (χ4n) is 2.33. The van der Waals surface area contributed by atoms with Crippen LogP contribution in [0.4, 0.5) is 4.79 Å². The molecule has 0 N–H and O–H groups in total. The molecule has 0 bridgehead atoms. The molecule has 0 aliphatic carbocycles. The van der Waals surface area contributed by atoms with Crippen LogP contribution in [0.15, 0.2) is 10.6 Å². The maximum Gasteiger partial charge on any atom is 0.410 e. The normalized spacial score (nSPS) is 18.9. The molecule has 1 aromatic rings. The fourth-order valence-corrected chi connectivity index (χ4v) is 2.33. The van der Waals surface area contributed by atoms with Crippen molar-refractivity contribution in [2.45, 2.75) is 46.1 Å². The van der Waals surface area contributed by atoms with Crippen molar-refractivity contribution in [2.24, 2.45) is 5.92 Å². The summed E-state index contributed by atoms with van der Waals surface area (Å²) in [6.45, 7) is 8.28. The Hall–Kier alpha value is -1.85. The Balaban J connectivity index is 1.87. The first-order valence-corrected chi connectivity index (χ1v) is 7.17. The van der Waals surface area contributed by atoms with E-state index in [2.05, 4.69) is 5.16 Å². The van der Waals surface area contributed by atoms with Crippen molar-refractivity contribution in [3.8, 4) is 0 Å². The lowest BCUT2D eigenvalue weighted by Crippen LogP contribution is -2.36. The lowest BCUT2D eigenvalue weighted by molar-refractivity contribution is -0.122. The summed E-state index contributed by atoms with van der Waals surface area (Å²) in [5, 5.41) is 3.77. The highest BCUT2D eigenvalue weighted by atomic mass is 16.6. The van der Waals surface area contributed by atoms with Crippen molar-refractivity contribution < 1.29 is 18.8 Å². The van der Waals surface area contributed by atoms with Crippen LogP contribution in [-0.4, -0.2) is 40.6 Å². The fraction of sp³-hybridized carbons (Fsp3) is 0.667. The van der Waals surface area contributed by atoms with Crippen molar-refractivity contribution in [2.75, 3.05) is 13.1 Å². The van der Waals surface area contributed by atoms with Crippen LogP contribution in [0.3, 0.4) is 0 Å². The molecule has 1 atom stereocenters. The van der Waals surface area contributed by atoms with Crippen molar-refractivity contribution in [3.05, 3.63) is 17.5 Å². The summed E-state index contributed by atoms with van der Waals surface area (Å²) in [4.78, 5) is 25.8. The molecule has 0 aromatic carbocycles. The van der Waals surface area contributed by atoms with E-state index in [4.69, 9.17) is 9.26 Å². The highest BCUT2D eigenvalue weighted by molar-refractivity contribution is 5.84. The molecule has 0 saturated carbocycles. The first-order valence-electron chi connectivity index (χ1n) is 7.17. The monoisotopic (exact) mass is 294 g/mol. The molecule has 1 aliphatic heterocycles. The molecule has 116 valence electrons. The predicted octanol–water partition coefficient (Wildman–Crippen LogP) is 2.35. The second kappa shape index (κ2) is 5.87. The largest absolute Gasteiger partial charge is 0.444 e. The van der Waals surface area contributed by atoms with Gasteiger partial charge in [0, 0.05) is 25.1 Å². The Labute approximate surface area is 124 Å². The number of rotatable bonds is 3. The summed E-state index contributed by atoms with van der Waals surface area (Å²) < 4.78 is 10.4. The summed E-state index contributed by atoms with van der Waals surface area (Å²) in [5.41, 5.74) is 0.246. The van der Waals surface area contributed by atoms with Gasteiger partial charge in [0.05, 0.1) is 12.1 Å². The molecule has 2 heterocycles. The van der Waals surface area contributed by atoms with Crippen LogP contribution in [0.1, 0.15) is 38.6 Å². The molecule has 6 nitrogen and oxygen atoms in total. The smallest absolute Gasteiger partial charge is 0.410 e. The molecule has 2 rings (SSSR count). The van der Waals surface area contributed by atoms with Gasteiger partial charge < -0.3 is 14.2 Å². The van der Waals surface area contributed by atoms with Crippen LogP contribution in [0, 0.1) is 12.8 Å². The summed E-state index contributed by atoms with van der Waals surface area (Å²) in [6.07, 6.45) is 0.548. The number of Topliss-reactive ketones (excluding diaryl/α,β-unsaturated/α-hetero) is 1. The number of hydrogen-bond donors (Lipinski definition) is 0. The number of ether oxygens (including phenoxy) is 1. The zero-order valence-corrected chi connectivity index (χ0v) is 13.0. The molecule has 1 amide bonds. The minimum Gasteiger partial charge on any atom is -0.444 e. The van der Waals surface area contributed by atoms with E-state index in [1.807, 2.05) is 27.7 Å². The lowest BCUT2D eigenvalue weighted by atomic mass is 10.00. The SMILES string of the molecule is Cc1cc(CC(=O)C2CCN(C(=O)OC(C)(C)C)C2)on1. The Morgan fingerprint density at radius 2 is 2.19 bits per heavy atom. The lowest BCUT2D eigenvalue weighted by Gasteiger charge is -2.24. The van der Waals surface area contributed by atoms with Crippen molar-refractivity contribution in [1.82, 2.24) is 10.1 Å². The number of hydrogen-bond acceptors (Lipinski definition) is 5. The van der Waals surface area contributed by atoms with Gasteiger partial charge in [0.15, 0.2) is 0 Å². The number of carbonyl (C=O) groups excluding carboxylic acids is 2. The minimum absolute atomic E-state index is 0.0807. The molecule has 1 aliphatic rings. The van der Waals surface area contributed by atoms with E-state index in [-0.39, 0.29) is 24.2 Å². The molecule has 0 radical (unpaired) electrons. The molecule has 6 heteroatoms. The Morgan fingerprint density at radius 3 is 2.76 bits per heavy atom. The van der Waals surface area contributed by atoms with Gasteiger partial charge in [-0.3, -0.25) is 4.79 Å². The van der Waals surface area contributed by atoms with Crippen LogP contribution in [0.5, 0.6) is 0 Å². The van der Waals surface area contributed by atoms with Crippen LogP contribution in [0.2, 0.25) is 0 Å². The second-order valence-corrected chi connectivity index (χ2v) is 6.49. The van der Waals surface area contributed by atoms with Crippen molar-refractivity contribution in [1.29, 1.82) is 0 Å². The molecule has 1 fully saturated rings. The van der Waals surface area contributed by atoms with E-state index in [1.54, 1.807) is 11.0 Å². The second-order valence-electron chi connectivity index (χ2n) is 6.49. The Bertz CT molecular complexity index is 530. The van der Waals surface area contributed by atoms with E-state index in [1.165, 1.54) is 0 Å². The Kier molecular flexibility index (Phi) is 4.34. The summed E-state index contributed by atoms with van der Waals surface area (Å²) in [7, 11) is 0. The number of ketones is 1. The van der Waals surface area contributed by atoms with Crippen LogP contribution in [-0.2, 0) is 16.0 Å². The number of aromatic nitrogens is 1. The van der Waals surface area contributed by atoms with Crippen molar-refractivity contribution >= 4 is 11.9 Å². The van der Waals surface area contributed by atoms with E-state index in [9.17, 15) is 9.59 Å². The molecular weight excluding hydrogens is 272 g/mol. The Morgan fingerprint density at radius 1 is 1.48 bits per heavy atom. The molecule has 1 aromatic heterocycles. The predicted molar refractivity (Wildman–Crippen MR) is 75.9 cm³/mol. The van der Waals surface area contributed by atoms with Gasteiger partial charge >= 0.3 is 6.09 Å². The quantitative estimate of drug-likeness (QED) is 0.855. The van der Waals surface area contributed by atoms with E-state index in [0.29, 0.717) is 25.3 Å². The first kappa shape index (κ1) is 15.5. The van der Waals surface area contributed by atoms with Gasteiger partial charge in [0.1, 0.15) is 17.1 Å². The molecule has 1 saturated heterocycles. The topological polar surface area (TPSA) is 72.6 Å². The summed E-state index contributed by atoms with van der Waals surface area (Å²) in [5.74, 6) is 0.508. The average molecular weight is 294 g/mol. The van der Waals surface area contributed by atoms with Crippen LogP contribution < -0.4 is 0 Å². The minimum atomic E-state index is -0.517. The van der Waals surface area contributed by atoms with Crippen molar-refractivity contribution in [3.63, 3.8) is 0 Å². The highest BCUT2D eigenvalue weighted by Crippen LogP contribution is 2.21. The third kappa shape index (κ3) is 4.31. The number of nitrogens with zero attached hydrogens (tertiary/aromatic N) is 2. The summed E-state index contributed by atoms with van der Waals surface area (Å²) in [6, 6.07) is 1.76. The van der Waals surface area contributed by atoms with Crippen LogP contribution >= 0.6 is 0 Å². The molecule has 1 unspecified atom stereocenters. The van der Waals surface area contributed by atoms with Gasteiger partial charge in [-0.25, -0.2) is 4.79 Å². The molecular formula is C15H22N2O4. The van der Waals surface area contributed by atoms with Gasteiger partial charge in [0.25, 0.3) is 0 Å². The van der Waals surface area contributed by atoms with Gasteiger partial charge in [-0.2, -0.15) is 0 Å². The third-order valence-corrected chi connectivity index (χ3v) is 3.32. The highest BCUT2D eigenvalue weighted by Gasteiger charge is 2.33. The number of carbonyl (C=O) groups is 2. The maximum atomic E-state index is 12.2. The third-order valence-electron chi connectivity index (χ3n) is 3.32. The van der Waals surface area contributed by atoms with E-state index >= 15 is 0 Å². The zero-order chi connectivity index (χ0) is 15.6. The van der Waals surface area contributed by atoms with Crippen LogP contribution in [0.25, 0.3) is 0 Å². The number of aryl methyl sites for hydroxylation is 1. The maximum absolute atomic E-state index is 12.2. The van der Waals surface area contributed by atoms with Gasteiger partial charge in [-0.05, 0) is 34.1 Å². The standard InChI is InChI=1S/C15H22N2O4/c1-10-7-12(21-16-10)8-13(18)11-5-6-17(9-11)14(19)20-15(2,3)4/h7,11H,5-6,8-9H2,1-4H3. The van der Waals surface area contributed by atoms with E-state index in [0.717, 1.165) is 5.69 Å². The van der Waals surface area contributed by atoms with Gasteiger partial charge in [0.2, 0.25) is 0 Å².